The first-order valence-electron chi connectivity index (χ1n) is 11.4. The van der Waals surface area contributed by atoms with Gasteiger partial charge in [0.05, 0.1) is 11.9 Å². The van der Waals surface area contributed by atoms with Gasteiger partial charge in [-0.1, -0.05) is 18.2 Å². The van der Waals surface area contributed by atoms with Gasteiger partial charge in [0, 0.05) is 62.2 Å². The summed E-state index contributed by atoms with van der Waals surface area (Å²) in [6.07, 6.45) is 3.67. The quantitative estimate of drug-likeness (QED) is 0.327. The second kappa shape index (κ2) is 10.8. The number of benzene rings is 2. The lowest BCUT2D eigenvalue weighted by atomic mass is 10.1. The molecule has 0 aromatic heterocycles. The topological polar surface area (TPSA) is 72.2 Å². The SMILES string of the molecule is CN1CCN(c2cc(N3CCC[C@H]3CNc3ccccc3)c(F)cc2/C=N/NC(N)=S)CC1. The van der Waals surface area contributed by atoms with E-state index in [0.29, 0.717) is 11.3 Å². The molecule has 0 saturated carbocycles. The fraction of sp³-hybridized carbons (Fsp3) is 0.417. The zero-order valence-corrected chi connectivity index (χ0v) is 19.8. The Labute approximate surface area is 200 Å². The molecule has 0 aliphatic carbocycles. The molecule has 176 valence electrons. The summed E-state index contributed by atoms with van der Waals surface area (Å²) >= 11 is 4.82. The molecule has 0 spiro atoms. The first-order valence-corrected chi connectivity index (χ1v) is 11.8. The Morgan fingerprint density at radius 2 is 1.91 bits per heavy atom. The predicted octanol–water partition coefficient (Wildman–Crippen LogP) is 2.83. The lowest BCUT2D eigenvalue weighted by molar-refractivity contribution is 0.313. The Hall–Kier alpha value is -2.91. The van der Waals surface area contributed by atoms with Gasteiger partial charge in [-0.25, -0.2) is 4.39 Å². The van der Waals surface area contributed by atoms with E-state index in [2.05, 4.69) is 49.7 Å². The molecule has 2 aliphatic heterocycles. The number of rotatable bonds is 7. The molecule has 4 N–H and O–H groups in total. The summed E-state index contributed by atoms with van der Waals surface area (Å²) in [4.78, 5) is 6.81. The van der Waals surface area contributed by atoms with E-state index < -0.39 is 0 Å². The van der Waals surface area contributed by atoms with E-state index in [1.807, 2.05) is 24.3 Å². The Morgan fingerprint density at radius 1 is 1.15 bits per heavy atom. The molecular weight excluding hydrogens is 437 g/mol. The minimum absolute atomic E-state index is 0.0790. The van der Waals surface area contributed by atoms with Gasteiger partial charge < -0.3 is 25.8 Å². The number of hydrogen-bond acceptors (Lipinski definition) is 6. The third-order valence-electron chi connectivity index (χ3n) is 6.32. The van der Waals surface area contributed by atoms with Crippen LogP contribution in [0.25, 0.3) is 0 Å². The highest BCUT2D eigenvalue weighted by atomic mass is 32.1. The molecule has 7 nitrogen and oxygen atoms in total. The van der Waals surface area contributed by atoms with Crippen LogP contribution in [0.4, 0.5) is 21.5 Å². The van der Waals surface area contributed by atoms with E-state index in [9.17, 15) is 0 Å². The maximum atomic E-state index is 15.4. The van der Waals surface area contributed by atoms with Gasteiger partial charge in [-0.15, -0.1) is 0 Å². The van der Waals surface area contributed by atoms with Crippen molar-refractivity contribution in [3.05, 3.63) is 53.8 Å². The second-order valence-corrected chi connectivity index (χ2v) is 9.06. The van der Waals surface area contributed by atoms with E-state index in [1.54, 1.807) is 12.3 Å². The van der Waals surface area contributed by atoms with E-state index in [0.717, 1.165) is 63.5 Å². The van der Waals surface area contributed by atoms with Gasteiger partial charge in [-0.2, -0.15) is 5.10 Å². The van der Waals surface area contributed by atoms with Gasteiger partial charge in [0.15, 0.2) is 5.11 Å². The van der Waals surface area contributed by atoms with Crippen molar-refractivity contribution in [2.75, 3.05) is 61.4 Å². The summed E-state index contributed by atoms with van der Waals surface area (Å²) in [5.74, 6) is -0.240. The number of nitrogens with two attached hydrogens (primary N) is 1. The summed E-state index contributed by atoms with van der Waals surface area (Å²) in [6.45, 7) is 5.29. The number of halogens is 1. The third kappa shape index (κ3) is 5.91. The molecule has 0 unspecified atom stereocenters. The highest BCUT2D eigenvalue weighted by molar-refractivity contribution is 7.80. The highest BCUT2D eigenvalue weighted by Gasteiger charge is 2.28. The van der Waals surface area contributed by atoms with Crippen LogP contribution < -0.4 is 26.3 Å². The summed E-state index contributed by atoms with van der Waals surface area (Å²) in [7, 11) is 2.12. The van der Waals surface area contributed by atoms with Crippen LogP contribution in [0.1, 0.15) is 18.4 Å². The average Bonchev–Trinajstić information content (AvgIpc) is 3.27. The molecule has 2 fully saturated rings. The van der Waals surface area contributed by atoms with Crippen molar-refractivity contribution in [2.24, 2.45) is 10.8 Å². The van der Waals surface area contributed by atoms with Crippen molar-refractivity contribution in [3.8, 4) is 0 Å². The summed E-state index contributed by atoms with van der Waals surface area (Å²) < 4.78 is 15.4. The molecule has 0 radical (unpaired) electrons. The largest absolute Gasteiger partial charge is 0.383 e. The lowest BCUT2D eigenvalue weighted by Gasteiger charge is -2.36. The van der Waals surface area contributed by atoms with Gasteiger partial charge >= 0.3 is 0 Å². The first kappa shape index (κ1) is 23.3. The van der Waals surface area contributed by atoms with Crippen molar-refractivity contribution in [1.29, 1.82) is 0 Å². The van der Waals surface area contributed by atoms with Crippen LogP contribution in [0.5, 0.6) is 0 Å². The Bertz CT molecular complexity index is 976. The predicted molar refractivity (Wildman–Crippen MR) is 139 cm³/mol. The van der Waals surface area contributed by atoms with Crippen molar-refractivity contribution >= 4 is 40.6 Å². The second-order valence-electron chi connectivity index (χ2n) is 8.62. The van der Waals surface area contributed by atoms with Crippen LogP contribution in [0.2, 0.25) is 0 Å². The first-order chi connectivity index (χ1) is 16.0. The Morgan fingerprint density at radius 3 is 2.64 bits per heavy atom. The van der Waals surface area contributed by atoms with Crippen molar-refractivity contribution in [2.45, 2.75) is 18.9 Å². The molecule has 2 aliphatic rings. The van der Waals surface area contributed by atoms with Crippen molar-refractivity contribution < 1.29 is 4.39 Å². The molecular formula is C24H32FN7S. The number of hydrazone groups is 1. The average molecular weight is 470 g/mol. The van der Waals surface area contributed by atoms with Gasteiger partial charge in [0.1, 0.15) is 5.82 Å². The normalized spacial score (nSPS) is 19.3. The number of piperazine rings is 1. The fourth-order valence-corrected chi connectivity index (χ4v) is 4.59. The molecule has 1 atom stereocenters. The summed E-state index contributed by atoms with van der Waals surface area (Å²) in [5.41, 5.74) is 11.5. The van der Waals surface area contributed by atoms with Crippen LogP contribution in [0.3, 0.4) is 0 Å². The monoisotopic (exact) mass is 469 g/mol. The molecule has 33 heavy (non-hydrogen) atoms. The van der Waals surface area contributed by atoms with Crippen LogP contribution in [-0.2, 0) is 0 Å². The van der Waals surface area contributed by atoms with E-state index in [1.165, 1.54) is 0 Å². The molecule has 2 heterocycles. The van der Waals surface area contributed by atoms with E-state index in [4.69, 9.17) is 18.0 Å². The van der Waals surface area contributed by atoms with E-state index >= 15 is 4.39 Å². The van der Waals surface area contributed by atoms with Crippen LogP contribution in [0, 0.1) is 5.82 Å². The minimum Gasteiger partial charge on any atom is -0.383 e. The zero-order valence-electron chi connectivity index (χ0n) is 19.0. The highest BCUT2D eigenvalue weighted by Crippen LogP contribution is 2.34. The van der Waals surface area contributed by atoms with Crippen molar-refractivity contribution in [1.82, 2.24) is 10.3 Å². The number of nitrogens with one attached hydrogen (secondary N) is 2. The van der Waals surface area contributed by atoms with Gasteiger partial charge in [0.2, 0.25) is 0 Å². The fourth-order valence-electron chi connectivity index (χ4n) is 4.53. The number of thiocarbonyl (C=S) groups is 1. The Kier molecular flexibility index (Phi) is 7.61. The lowest BCUT2D eigenvalue weighted by Crippen LogP contribution is -2.45. The molecule has 0 bridgehead atoms. The Balaban J connectivity index is 1.59. The molecule has 9 heteroatoms. The van der Waals surface area contributed by atoms with Crippen LogP contribution >= 0.6 is 12.2 Å². The minimum atomic E-state index is -0.240. The summed E-state index contributed by atoms with van der Waals surface area (Å²) in [5, 5.41) is 7.67. The van der Waals surface area contributed by atoms with Crippen LogP contribution in [0.15, 0.2) is 47.6 Å². The third-order valence-corrected chi connectivity index (χ3v) is 6.41. The number of para-hydroxylation sites is 1. The van der Waals surface area contributed by atoms with E-state index in [-0.39, 0.29) is 17.0 Å². The van der Waals surface area contributed by atoms with Gasteiger partial charge in [-0.3, -0.25) is 5.43 Å². The molecule has 2 aromatic carbocycles. The molecule has 4 rings (SSSR count). The number of hydrogen-bond donors (Lipinski definition) is 3. The van der Waals surface area contributed by atoms with Gasteiger partial charge in [0.25, 0.3) is 0 Å². The smallest absolute Gasteiger partial charge is 0.184 e. The number of anilines is 3. The zero-order chi connectivity index (χ0) is 23.2. The maximum Gasteiger partial charge on any atom is 0.184 e. The van der Waals surface area contributed by atoms with Crippen LogP contribution in [-0.4, -0.2) is 68.6 Å². The number of likely N-dealkylation sites (N-methyl/N-ethyl adjacent to an activating group) is 1. The molecule has 2 saturated heterocycles. The van der Waals surface area contributed by atoms with Crippen molar-refractivity contribution in [3.63, 3.8) is 0 Å². The van der Waals surface area contributed by atoms with Gasteiger partial charge in [-0.05, 0) is 56.4 Å². The number of nitrogens with zero attached hydrogens (tertiary/aromatic N) is 4. The molecule has 2 aromatic rings. The molecule has 0 amide bonds. The standard InChI is InChI=1S/C24H32FN7S/c1-30-10-12-31(13-11-30)22-15-23(21(25)14-18(22)16-28-29-24(26)33)32-9-5-8-20(32)17-27-19-6-3-2-4-7-19/h2-4,6-7,14-16,20,27H,5,8-13,17H2,1H3,(H3,26,29,33)/b28-16+/t20-/m0/s1. The summed E-state index contributed by atoms with van der Waals surface area (Å²) in [6, 6.07) is 13.9. The maximum absolute atomic E-state index is 15.4.